The number of thiol groups is 1. The Labute approximate surface area is 77.8 Å². The van der Waals surface area contributed by atoms with E-state index in [0.29, 0.717) is 5.75 Å². The fourth-order valence-corrected chi connectivity index (χ4v) is 2.05. The third-order valence-corrected chi connectivity index (χ3v) is 3.00. The third kappa shape index (κ3) is 1.11. The van der Waals surface area contributed by atoms with Crippen LogP contribution in [0.2, 0.25) is 0 Å². The second kappa shape index (κ2) is 2.43. The molecule has 64 valence electrons. The van der Waals surface area contributed by atoms with Crippen LogP contribution in [-0.4, -0.2) is 5.11 Å². The second-order valence-electron chi connectivity index (χ2n) is 3.73. The van der Waals surface area contributed by atoms with Crippen LogP contribution in [0.1, 0.15) is 25.3 Å². The van der Waals surface area contributed by atoms with Gasteiger partial charge in [-0.05, 0) is 30.4 Å². The quantitative estimate of drug-likeness (QED) is 0.637. The van der Waals surface area contributed by atoms with Crippen LogP contribution in [0.25, 0.3) is 0 Å². The molecule has 0 radical (unpaired) electrons. The molecule has 1 aromatic rings. The molecule has 0 heterocycles. The Morgan fingerprint density at radius 2 is 2.08 bits per heavy atom. The van der Waals surface area contributed by atoms with Crippen molar-refractivity contribution in [1.82, 2.24) is 0 Å². The first-order valence-electron chi connectivity index (χ1n) is 4.15. The minimum atomic E-state index is 0.197. The molecular weight excluding hydrogens is 168 g/mol. The molecule has 2 rings (SSSR count). The molecule has 12 heavy (non-hydrogen) atoms. The zero-order valence-corrected chi connectivity index (χ0v) is 7.94. The molecule has 1 aliphatic carbocycles. The van der Waals surface area contributed by atoms with Gasteiger partial charge in [0.25, 0.3) is 0 Å². The zero-order chi connectivity index (χ0) is 8.77. The van der Waals surface area contributed by atoms with Crippen molar-refractivity contribution in [3.63, 3.8) is 0 Å². The van der Waals surface area contributed by atoms with Gasteiger partial charge in [0.2, 0.25) is 0 Å². The second-order valence-corrected chi connectivity index (χ2v) is 4.21. The van der Waals surface area contributed by atoms with Gasteiger partial charge in [0.05, 0.1) is 0 Å². The summed E-state index contributed by atoms with van der Waals surface area (Å²) >= 11 is 4.34. The van der Waals surface area contributed by atoms with Crippen molar-refractivity contribution >= 4 is 12.6 Å². The molecule has 0 amide bonds. The summed E-state index contributed by atoms with van der Waals surface area (Å²) in [5.41, 5.74) is 1.22. The summed E-state index contributed by atoms with van der Waals surface area (Å²) in [4.78, 5) is 0.912. The van der Waals surface area contributed by atoms with E-state index in [1.165, 1.54) is 0 Å². The standard InChI is InChI=1S/C10H12OS/c1-10(5-6-10)9-7(11)3-2-4-8(9)12/h2-4,11-12H,5-6H2,1H3. The van der Waals surface area contributed by atoms with Crippen LogP contribution in [0.15, 0.2) is 23.1 Å². The maximum atomic E-state index is 9.62. The van der Waals surface area contributed by atoms with Crippen LogP contribution in [0.5, 0.6) is 5.75 Å². The van der Waals surface area contributed by atoms with Crippen molar-refractivity contribution in [2.24, 2.45) is 0 Å². The van der Waals surface area contributed by atoms with Crippen LogP contribution in [0.3, 0.4) is 0 Å². The molecule has 2 heteroatoms. The average molecular weight is 180 g/mol. The number of hydrogen-bond donors (Lipinski definition) is 2. The molecule has 0 aliphatic heterocycles. The van der Waals surface area contributed by atoms with Gasteiger partial charge in [0.15, 0.2) is 0 Å². The Balaban J connectivity index is 2.55. The molecular formula is C10H12OS. The van der Waals surface area contributed by atoms with Crippen LogP contribution >= 0.6 is 12.6 Å². The molecule has 0 bridgehead atoms. The van der Waals surface area contributed by atoms with Crippen molar-refractivity contribution in [3.05, 3.63) is 23.8 Å². The molecule has 1 aliphatic rings. The first-order valence-corrected chi connectivity index (χ1v) is 4.60. The first-order chi connectivity index (χ1) is 5.63. The molecule has 1 saturated carbocycles. The van der Waals surface area contributed by atoms with Crippen molar-refractivity contribution in [1.29, 1.82) is 0 Å². The van der Waals surface area contributed by atoms with Gasteiger partial charge in [-0.25, -0.2) is 0 Å². The van der Waals surface area contributed by atoms with Gasteiger partial charge < -0.3 is 5.11 Å². The van der Waals surface area contributed by atoms with Crippen LogP contribution in [-0.2, 0) is 5.41 Å². The minimum Gasteiger partial charge on any atom is -0.508 e. The fraction of sp³-hybridized carbons (Fsp3) is 0.400. The highest BCUT2D eigenvalue weighted by Crippen LogP contribution is 2.52. The number of phenols is 1. The van der Waals surface area contributed by atoms with Gasteiger partial charge in [0, 0.05) is 10.5 Å². The van der Waals surface area contributed by atoms with E-state index in [9.17, 15) is 5.11 Å². The first kappa shape index (κ1) is 7.99. The molecule has 1 aromatic carbocycles. The highest BCUT2D eigenvalue weighted by atomic mass is 32.1. The molecule has 1 N–H and O–H groups in total. The van der Waals surface area contributed by atoms with Crippen LogP contribution in [0.4, 0.5) is 0 Å². The predicted molar refractivity (Wildman–Crippen MR) is 51.9 cm³/mol. The summed E-state index contributed by atoms with van der Waals surface area (Å²) in [5, 5.41) is 9.62. The van der Waals surface area contributed by atoms with Crippen molar-refractivity contribution < 1.29 is 5.11 Å². The third-order valence-electron chi connectivity index (χ3n) is 2.62. The normalized spacial score (nSPS) is 19.2. The summed E-state index contributed by atoms with van der Waals surface area (Å²) < 4.78 is 0. The van der Waals surface area contributed by atoms with Gasteiger partial charge in [-0.3, -0.25) is 0 Å². The fourth-order valence-electron chi connectivity index (χ4n) is 1.58. The van der Waals surface area contributed by atoms with Gasteiger partial charge in [0.1, 0.15) is 5.75 Å². The Bertz CT molecular complexity index is 295. The maximum Gasteiger partial charge on any atom is 0.120 e. The van der Waals surface area contributed by atoms with Crippen molar-refractivity contribution in [2.75, 3.05) is 0 Å². The molecule has 0 unspecified atom stereocenters. The molecule has 0 aromatic heterocycles. The lowest BCUT2D eigenvalue weighted by Crippen LogP contribution is -2.01. The predicted octanol–water partition coefficient (Wildman–Crippen LogP) is 2.73. The lowest BCUT2D eigenvalue weighted by Gasteiger charge is -2.13. The lowest BCUT2D eigenvalue weighted by molar-refractivity contribution is 0.458. The number of phenolic OH excluding ortho intramolecular Hbond substituents is 1. The van der Waals surface area contributed by atoms with Gasteiger partial charge in [-0.2, -0.15) is 0 Å². The van der Waals surface area contributed by atoms with Gasteiger partial charge >= 0.3 is 0 Å². The van der Waals surface area contributed by atoms with E-state index in [2.05, 4.69) is 19.6 Å². The Morgan fingerprint density at radius 3 is 2.58 bits per heavy atom. The van der Waals surface area contributed by atoms with Crippen molar-refractivity contribution in [2.45, 2.75) is 30.1 Å². The van der Waals surface area contributed by atoms with Crippen LogP contribution < -0.4 is 0 Å². The van der Waals surface area contributed by atoms with E-state index in [1.54, 1.807) is 6.07 Å². The summed E-state index contributed by atoms with van der Waals surface area (Å²) in [6.07, 6.45) is 2.33. The van der Waals surface area contributed by atoms with Crippen molar-refractivity contribution in [3.8, 4) is 5.75 Å². The van der Waals surface area contributed by atoms with Gasteiger partial charge in [-0.1, -0.05) is 13.0 Å². The molecule has 1 nitrogen and oxygen atoms in total. The summed E-state index contributed by atoms with van der Waals surface area (Å²) in [6, 6.07) is 5.49. The average Bonchev–Trinajstić information content (AvgIpc) is 2.68. The molecule has 0 saturated heterocycles. The SMILES string of the molecule is CC1(c2c(O)cccc2S)CC1. The Hall–Kier alpha value is -0.630. The monoisotopic (exact) mass is 180 g/mol. The highest BCUT2D eigenvalue weighted by molar-refractivity contribution is 7.80. The molecule has 0 atom stereocenters. The Kier molecular flexibility index (Phi) is 1.62. The number of aromatic hydroxyl groups is 1. The van der Waals surface area contributed by atoms with E-state index < -0.39 is 0 Å². The van der Waals surface area contributed by atoms with Crippen LogP contribution in [0, 0.1) is 0 Å². The maximum absolute atomic E-state index is 9.62. The van der Waals surface area contributed by atoms with Gasteiger partial charge in [-0.15, -0.1) is 12.6 Å². The van der Waals surface area contributed by atoms with E-state index in [1.807, 2.05) is 12.1 Å². The van der Waals surface area contributed by atoms with E-state index in [0.717, 1.165) is 23.3 Å². The molecule has 1 fully saturated rings. The zero-order valence-electron chi connectivity index (χ0n) is 7.04. The Morgan fingerprint density at radius 1 is 1.42 bits per heavy atom. The van der Waals surface area contributed by atoms with E-state index in [4.69, 9.17) is 0 Å². The topological polar surface area (TPSA) is 20.2 Å². The summed E-state index contributed by atoms with van der Waals surface area (Å²) in [7, 11) is 0. The number of rotatable bonds is 1. The smallest absolute Gasteiger partial charge is 0.120 e. The largest absolute Gasteiger partial charge is 0.508 e. The lowest BCUT2D eigenvalue weighted by atomic mass is 9.97. The number of benzene rings is 1. The number of hydrogen-bond acceptors (Lipinski definition) is 2. The minimum absolute atomic E-state index is 0.197. The molecule has 0 spiro atoms. The summed E-state index contributed by atoms with van der Waals surface area (Å²) in [5.74, 6) is 0.391. The highest BCUT2D eigenvalue weighted by Gasteiger charge is 2.42. The van der Waals surface area contributed by atoms with E-state index in [-0.39, 0.29) is 5.41 Å². The van der Waals surface area contributed by atoms with E-state index >= 15 is 0 Å². The summed E-state index contributed by atoms with van der Waals surface area (Å²) in [6.45, 7) is 2.17.